The maximum atomic E-state index is 5.71. The number of ether oxygens (including phenoxy) is 2. The number of nitrogens with one attached hydrogen (secondary N) is 1. The van der Waals surface area contributed by atoms with Crippen LogP contribution in [-0.4, -0.2) is 36.8 Å². The fourth-order valence-corrected chi connectivity index (χ4v) is 1.94. The maximum absolute atomic E-state index is 5.71. The van der Waals surface area contributed by atoms with Crippen molar-refractivity contribution < 1.29 is 9.47 Å². The van der Waals surface area contributed by atoms with Crippen LogP contribution in [0.2, 0.25) is 0 Å². The Balaban J connectivity index is 1.91. The van der Waals surface area contributed by atoms with Crippen molar-refractivity contribution >= 4 is 0 Å². The summed E-state index contributed by atoms with van der Waals surface area (Å²) in [4.78, 5) is 8.36. The molecule has 1 aromatic rings. The number of methoxy groups -OCH3 is 1. The zero-order valence-corrected chi connectivity index (χ0v) is 10.4. The zero-order chi connectivity index (χ0) is 12.1. The van der Waals surface area contributed by atoms with Gasteiger partial charge in [0.05, 0.1) is 19.8 Å². The molecule has 0 atom stereocenters. The minimum absolute atomic E-state index is 0.554. The Morgan fingerprint density at radius 3 is 2.71 bits per heavy atom. The van der Waals surface area contributed by atoms with E-state index in [1.165, 1.54) is 12.8 Å². The number of aryl methyl sites for hydroxylation is 1. The highest BCUT2D eigenvalue weighted by Crippen LogP contribution is 2.18. The van der Waals surface area contributed by atoms with Crippen molar-refractivity contribution in [1.29, 1.82) is 0 Å². The van der Waals surface area contributed by atoms with Gasteiger partial charge in [0.2, 0.25) is 11.8 Å². The molecule has 94 valence electrons. The summed E-state index contributed by atoms with van der Waals surface area (Å²) in [7, 11) is 1.60. The predicted molar refractivity (Wildman–Crippen MR) is 64.4 cm³/mol. The molecule has 0 aliphatic carbocycles. The summed E-state index contributed by atoms with van der Waals surface area (Å²) in [6.45, 7) is 4.72. The van der Waals surface area contributed by atoms with E-state index in [4.69, 9.17) is 9.47 Å². The van der Waals surface area contributed by atoms with E-state index in [0.29, 0.717) is 23.5 Å². The first-order valence-corrected chi connectivity index (χ1v) is 6.01. The van der Waals surface area contributed by atoms with E-state index in [1.54, 1.807) is 13.2 Å². The molecule has 0 aromatic carbocycles. The first kappa shape index (κ1) is 12.1. The van der Waals surface area contributed by atoms with Gasteiger partial charge in [-0.05, 0) is 38.8 Å². The summed E-state index contributed by atoms with van der Waals surface area (Å²) in [5.41, 5.74) is 0. The van der Waals surface area contributed by atoms with Crippen LogP contribution in [0.15, 0.2) is 6.07 Å². The number of nitrogens with zero attached hydrogens (tertiary/aromatic N) is 2. The number of rotatable bonds is 4. The van der Waals surface area contributed by atoms with Gasteiger partial charge < -0.3 is 14.8 Å². The highest BCUT2D eigenvalue weighted by Gasteiger charge is 2.14. The second kappa shape index (κ2) is 5.82. The lowest BCUT2D eigenvalue weighted by Gasteiger charge is -2.22. The summed E-state index contributed by atoms with van der Waals surface area (Å²) in [5.74, 6) is 2.45. The number of hydrogen-bond donors (Lipinski definition) is 1. The van der Waals surface area contributed by atoms with Gasteiger partial charge in [-0.1, -0.05) is 0 Å². The Kier molecular flexibility index (Phi) is 4.14. The molecule has 0 radical (unpaired) electrons. The lowest BCUT2D eigenvalue weighted by atomic mass is 9.99. The van der Waals surface area contributed by atoms with Crippen LogP contribution < -0.4 is 14.8 Å². The van der Waals surface area contributed by atoms with Crippen molar-refractivity contribution in [2.45, 2.75) is 19.8 Å². The average molecular weight is 237 g/mol. The van der Waals surface area contributed by atoms with Crippen molar-refractivity contribution in [3.63, 3.8) is 0 Å². The second-order valence-electron chi connectivity index (χ2n) is 4.30. The quantitative estimate of drug-likeness (QED) is 0.852. The Morgan fingerprint density at radius 2 is 2.00 bits per heavy atom. The summed E-state index contributed by atoms with van der Waals surface area (Å²) in [6.07, 6.45) is 2.34. The molecule has 5 heteroatoms. The molecule has 0 bridgehead atoms. The van der Waals surface area contributed by atoms with Crippen LogP contribution in [0, 0.1) is 12.8 Å². The number of aromatic nitrogens is 2. The molecule has 1 N–H and O–H groups in total. The van der Waals surface area contributed by atoms with E-state index < -0.39 is 0 Å². The Bertz CT molecular complexity index is 365. The third-order valence-corrected chi connectivity index (χ3v) is 2.93. The molecule has 17 heavy (non-hydrogen) atoms. The van der Waals surface area contributed by atoms with Crippen LogP contribution in [-0.2, 0) is 0 Å². The molecule has 0 spiro atoms. The molecule has 1 fully saturated rings. The van der Waals surface area contributed by atoms with Crippen molar-refractivity contribution in [2.24, 2.45) is 5.92 Å². The minimum Gasteiger partial charge on any atom is -0.481 e. The number of hydrogen-bond acceptors (Lipinski definition) is 5. The number of piperidine rings is 1. The molecule has 0 saturated carbocycles. The van der Waals surface area contributed by atoms with Gasteiger partial charge in [-0.2, -0.15) is 9.97 Å². The Labute approximate surface area is 102 Å². The van der Waals surface area contributed by atoms with Gasteiger partial charge in [0.25, 0.3) is 0 Å². The lowest BCUT2D eigenvalue weighted by molar-refractivity contribution is 0.207. The van der Waals surface area contributed by atoms with Crippen LogP contribution in [0.5, 0.6) is 11.8 Å². The van der Waals surface area contributed by atoms with Crippen molar-refractivity contribution in [3.05, 3.63) is 11.9 Å². The molecule has 1 aliphatic heterocycles. The lowest BCUT2D eigenvalue weighted by Crippen LogP contribution is -2.30. The van der Waals surface area contributed by atoms with Crippen molar-refractivity contribution in [1.82, 2.24) is 15.3 Å². The molecule has 1 aliphatic rings. The third kappa shape index (κ3) is 3.56. The molecule has 2 rings (SSSR count). The summed E-state index contributed by atoms with van der Waals surface area (Å²) in [6, 6.07) is 1.73. The monoisotopic (exact) mass is 237 g/mol. The first-order chi connectivity index (χ1) is 8.28. The fraction of sp³-hybridized carbons (Fsp3) is 0.667. The van der Waals surface area contributed by atoms with Gasteiger partial charge in [0.15, 0.2) is 0 Å². The van der Waals surface area contributed by atoms with E-state index >= 15 is 0 Å². The molecule has 2 heterocycles. The van der Waals surface area contributed by atoms with Gasteiger partial charge in [-0.3, -0.25) is 0 Å². The first-order valence-electron chi connectivity index (χ1n) is 6.01. The van der Waals surface area contributed by atoms with Gasteiger partial charge in [0, 0.05) is 0 Å². The largest absolute Gasteiger partial charge is 0.481 e. The van der Waals surface area contributed by atoms with E-state index in [0.717, 1.165) is 19.7 Å². The van der Waals surface area contributed by atoms with Gasteiger partial charge in [-0.25, -0.2) is 0 Å². The van der Waals surface area contributed by atoms with Gasteiger partial charge in [0.1, 0.15) is 5.82 Å². The van der Waals surface area contributed by atoms with E-state index in [-0.39, 0.29) is 0 Å². The van der Waals surface area contributed by atoms with Crippen LogP contribution in [0.3, 0.4) is 0 Å². The van der Waals surface area contributed by atoms with Crippen LogP contribution in [0.1, 0.15) is 18.7 Å². The van der Waals surface area contributed by atoms with Crippen molar-refractivity contribution in [2.75, 3.05) is 26.8 Å². The summed E-state index contributed by atoms with van der Waals surface area (Å²) < 4.78 is 10.8. The molecule has 1 saturated heterocycles. The highest BCUT2D eigenvalue weighted by atomic mass is 16.5. The standard InChI is InChI=1S/C12H19N3O2/c1-9-14-11(16-2)7-12(15-9)17-8-10-3-5-13-6-4-10/h7,10,13H,3-6,8H2,1-2H3. The highest BCUT2D eigenvalue weighted by molar-refractivity contribution is 5.20. The molecule has 5 nitrogen and oxygen atoms in total. The topological polar surface area (TPSA) is 56.3 Å². The van der Waals surface area contributed by atoms with E-state index in [2.05, 4.69) is 15.3 Å². The Morgan fingerprint density at radius 1 is 1.29 bits per heavy atom. The van der Waals surface area contributed by atoms with E-state index in [9.17, 15) is 0 Å². The van der Waals surface area contributed by atoms with Crippen LogP contribution >= 0.6 is 0 Å². The smallest absolute Gasteiger partial charge is 0.220 e. The molecule has 0 amide bonds. The Hall–Kier alpha value is -1.36. The van der Waals surface area contributed by atoms with E-state index in [1.807, 2.05) is 6.92 Å². The molecule has 0 unspecified atom stereocenters. The molecule has 1 aromatic heterocycles. The molecular formula is C12H19N3O2. The van der Waals surface area contributed by atoms with Crippen molar-refractivity contribution in [3.8, 4) is 11.8 Å². The van der Waals surface area contributed by atoms with Gasteiger partial charge >= 0.3 is 0 Å². The zero-order valence-electron chi connectivity index (χ0n) is 10.4. The summed E-state index contributed by atoms with van der Waals surface area (Å²) in [5, 5.41) is 3.34. The second-order valence-corrected chi connectivity index (χ2v) is 4.30. The normalized spacial score (nSPS) is 16.8. The third-order valence-electron chi connectivity index (χ3n) is 2.93. The fourth-order valence-electron chi connectivity index (χ4n) is 1.94. The molecular weight excluding hydrogens is 218 g/mol. The van der Waals surface area contributed by atoms with Crippen LogP contribution in [0.4, 0.5) is 0 Å². The maximum Gasteiger partial charge on any atom is 0.220 e. The predicted octanol–water partition coefficient (Wildman–Crippen LogP) is 1.17. The van der Waals surface area contributed by atoms with Crippen LogP contribution in [0.25, 0.3) is 0 Å². The average Bonchev–Trinajstić information content (AvgIpc) is 2.37. The SMILES string of the molecule is COc1cc(OCC2CCNCC2)nc(C)n1. The van der Waals surface area contributed by atoms with Gasteiger partial charge in [-0.15, -0.1) is 0 Å². The summed E-state index contributed by atoms with van der Waals surface area (Å²) >= 11 is 0. The minimum atomic E-state index is 0.554.